The lowest BCUT2D eigenvalue weighted by molar-refractivity contribution is -0.121. The van der Waals surface area contributed by atoms with Gasteiger partial charge in [0, 0.05) is 30.7 Å². The molecule has 7 nitrogen and oxygen atoms in total. The van der Waals surface area contributed by atoms with E-state index < -0.39 is 5.91 Å². The summed E-state index contributed by atoms with van der Waals surface area (Å²) in [6, 6.07) is 13.5. The Kier molecular flexibility index (Phi) is 6.04. The van der Waals surface area contributed by atoms with Gasteiger partial charge in [-0.1, -0.05) is 23.7 Å². The average molecular weight is 454 g/mol. The molecule has 2 aromatic rings. The number of imide groups is 1. The van der Waals surface area contributed by atoms with Crippen LogP contribution in [0.4, 0.5) is 11.4 Å². The number of amides is 3. The van der Waals surface area contributed by atoms with Crippen LogP contribution in [0.2, 0.25) is 5.02 Å². The summed E-state index contributed by atoms with van der Waals surface area (Å²) in [4.78, 5) is 41.6. The molecule has 4 rings (SSSR count). The quantitative estimate of drug-likeness (QED) is 0.714. The molecule has 0 radical (unpaired) electrons. The van der Waals surface area contributed by atoms with Crippen molar-refractivity contribution >= 4 is 46.3 Å². The lowest BCUT2D eigenvalue weighted by atomic mass is 10.0. The Hall–Kier alpha value is -3.16. The minimum Gasteiger partial charge on any atom is -0.372 e. The van der Waals surface area contributed by atoms with Gasteiger partial charge in [-0.15, -0.1) is 0 Å². The van der Waals surface area contributed by atoms with E-state index in [1.54, 1.807) is 48.5 Å². The van der Waals surface area contributed by atoms with Gasteiger partial charge in [0.25, 0.3) is 11.8 Å². The van der Waals surface area contributed by atoms with E-state index in [1.165, 1.54) is 11.8 Å². The van der Waals surface area contributed by atoms with Gasteiger partial charge in [-0.3, -0.25) is 14.4 Å². The zero-order valence-electron chi connectivity index (χ0n) is 18.1. The Bertz CT molecular complexity index is 1090. The van der Waals surface area contributed by atoms with E-state index in [2.05, 4.69) is 5.32 Å². The van der Waals surface area contributed by atoms with Crippen molar-refractivity contribution in [1.29, 1.82) is 0 Å². The number of benzene rings is 2. The highest BCUT2D eigenvalue weighted by molar-refractivity contribution is 6.45. The summed E-state index contributed by atoms with van der Waals surface area (Å²) < 4.78 is 5.83. The molecule has 1 fully saturated rings. The van der Waals surface area contributed by atoms with Crippen LogP contribution >= 0.6 is 11.6 Å². The van der Waals surface area contributed by atoms with E-state index in [4.69, 9.17) is 16.3 Å². The number of rotatable bonds is 4. The van der Waals surface area contributed by atoms with E-state index in [9.17, 15) is 14.4 Å². The standard InChI is InChI=1S/C24H24ClN3O4/c1-14-12-27(13-15(2)32-14)22-21(17-4-8-19(9-5-17)26-16(3)29)23(30)28(24(22)31)20-10-6-18(25)7-11-20/h4-11,14-15H,12-13H2,1-3H3,(H,26,29). The highest BCUT2D eigenvalue weighted by Crippen LogP contribution is 2.36. The van der Waals surface area contributed by atoms with Crippen molar-refractivity contribution in [3.63, 3.8) is 0 Å². The van der Waals surface area contributed by atoms with E-state index in [0.717, 1.165) is 0 Å². The van der Waals surface area contributed by atoms with Crippen LogP contribution in [0.25, 0.3) is 5.57 Å². The second-order valence-corrected chi connectivity index (χ2v) is 8.50. The zero-order valence-corrected chi connectivity index (χ0v) is 18.8. The smallest absolute Gasteiger partial charge is 0.282 e. The number of morpholine rings is 1. The fourth-order valence-electron chi connectivity index (χ4n) is 4.18. The molecule has 2 heterocycles. The molecule has 0 saturated carbocycles. The molecule has 32 heavy (non-hydrogen) atoms. The summed E-state index contributed by atoms with van der Waals surface area (Å²) >= 11 is 6.00. The van der Waals surface area contributed by atoms with Gasteiger partial charge < -0.3 is 15.0 Å². The largest absolute Gasteiger partial charge is 0.372 e. The number of anilines is 2. The minimum absolute atomic E-state index is 0.0814. The van der Waals surface area contributed by atoms with Gasteiger partial charge in [-0.25, -0.2) is 4.90 Å². The molecule has 2 unspecified atom stereocenters. The third kappa shape index (κ3) is 4.26. The van der Waals surface area contributed by atoms with Gasteiger partial charge in [0.05, 0.1) is 23.5 Å². The average Bonchev–Trinajstić information content (AvgIpc) is 2.98. The zero-order chi connectivity index (χ0) is 23.0. The summed E-state index contributed by atoms with van der Waals surface area (Å²) in [6.07, 6.45) is -0.163. The molecule has 0 spiro atoms. The molecule has 2 aliphatic rings. The van der Waals surface area contributed by atoms with E-state index >= 15 is 0 Å². The molecule has 2 atom stereocenters. The lowest BCUT2D eigenvalue weighted by Crippen LogP contribution is -2.47. The predicted octanol–water partition coefficient (Wildman–Crippen LogP) is 3.69. The maximum atomic E-state index is 13.6. The highest BCUT2D eigenvalue weighted by Gasteiger charge is 2.43. The summed E-state index contributed by atoms with van der Waals surface area (Å²) in [5.74, 6) is -0.957. The maximum absolute atomic E-state index is 13.6. The van der Waals surface area contributed by atoms with Crippen molar-refractivity contribution in [2.45, 2.75) is 33.0 Å². The molecule has 8 heteroatoms. The van der Waals surface area contributed by atoms with Crippen molar-refractivity contribution in [3.05, 3.63) is 64.8 Å². The Morgan fingerprint density at radius 3 is 2.12 bits per heavy atom. The van der Waals surface area contributed by atoms with Gasteiger partial charge in [-0.2, -0.15) is 0 Å². The normalized spacial score (nSPS) is 21.4. The van der Waals surface area contributed by atoms with Crippen LogP contribution < -0.4 is 10.2 Å². The van der Waals surface area contributed by atoms with Crippen molar-refractivity contribution in [2.24, 2.45) is 0 Å². The van der Waals surface area contributed by atoms with Crippen molar-refractivity contribution in [3.8, 4) is 0 Å². The molecular weight excluding hydrogens is 430 g/mol. The lowest BCUT2D eigenvalue weighted by Gasteiger charge is -2.37. The number of carbonyl (C=O) groups is 3. The van der Waals surface area contributed by atoms with Gasteiger partial charge in [0.15, 0.2) is 0 Å². The minimum atomic E-state index is -0.397. The number of nitrogens with zero attached hydrogens (tertiary/aromatic N) is 2. The number of halogens is 1. The van der Waals surface area contributed by atoms with Crippen molar-refractivity contribution < 1.29 is 19.1 Å². The van der Waals surface area contributed by atoms with E-state index in [1.807, 2.05) is 18.7 Å². The summed E-state index contributed by atoms with van der Waals surface area (Å²) in [6.45, 7) is 6.33. The monoisotopic (exact) mass is 453 g/mol. The van der Waals surface area contributed by atoms with Crippen LogP contribution in [-0.2, 0) is 19.1 Å². The first-order valence-corrected chi connectivity index (χ1v) is 10.8. The van der Waals surface area contributed by atoms with Crippen LogP contribution in [0.15, 0.2) is 54.2 Å². The molecule has 3 amide bonds. The molecule has 1 N–H and O–H groups in total. The molecule has 0 aliphatic carbocycles. The number of carbonyl (C=O) groups excluding carboxylic acids is 3. The third-order valence-electron chi connectivity index (χ3n) is 5.37. The Morgan fingerprint density at radius 2 is 1.56 bits per heavy atom. The number of hydrogen-bond donors (Lipinski definition) is 1. The summed E-state index contributed by atoms with van der Waals surface area (Å²) in [7, 11) is 0. The predicted molar refractivity (Wildman–Crippen MR) is 123 cm³/mol. The third-order valence-corrected chi connectivity index (χ3v) is 5.63. The molecule has 1 saturated heterocycles. The second kappa shape index (κ2) is 8.76. The Balaban J connectivity index is 1.79. The Labute approximate surface area is 191 Å². The first-order valence-electron chi connectivity index (χ1n) is 10.4. The number of nitrogens with one attached hydrogen (secondary N) is 1. The fourth-order valence-corrected chi connectivity index (χ4v) is 4.31. The molecule has 2 aliphatic heterocycles. The highest BCUT2D eigenvalue weighted by atomic mass is 35.5. The number of hydrogen-bond acceptors (Lipinski definition) is 5. The second-order valence-electron chi connectivity index (χ2n) is 8.07. The van der Waals surface area contributed by atoms with E-state index in [0.29, 0.717) is 46.3 Å². The van der Waals surface area contributed by atoms with Crippen LogP contribution in [-0.4, -0.2) is 47.9 Å². The first kappa shape index (κ1) is 22.0. The Morgan fingerprint density at radius 1 is 0.969 bits per heavy atom. The van der Waals surface area contributed by atoms with Crippen LogP contribution in [0.3, 0.4) is 0 Å². The fraction of sp³-hybridized carbons (Fsp3) is 0.292. The summed E-state index contributed by atoms with van der Waals surface area (Å²) in [5, 5.41) is 3.23. The SMILES string of the molecule is CC(=O)Nc1ccc(C2=C(N3CC(C)OC(C)C3)C(=O)N(c3ccc(Cl)cc3)C2=O)cc1. The maximum Gasteiger partial charge on any atom is 0.282 e. The van der Waals surface area contributed by atoms with Crippen molar-refractivity contribution in [2.75, 3.05) is 23.3 Å². The van der Waals surface area contributed by atoms with Crippen LogP contribution in [0.5, 0.6) is 0 Å². The molecule has 166 valence electrons. The van der Waals surface area contributed by atoms with Gasteiger partial charge in [0.2, 0.25) is 5.91 Å². The number of ether oxygens (including phenoxy) is 1. The first-order chi connectivity index (χ1) is 15.2. The topological polar surface area (TPSA) is 79.0 Å². The van der Waals surface area contributed by atoms with Gasteiger partial charge in [-0.05, 0) is 55.8 Å². The van der Waals surface area contributed by atoms with Gasteiger partial charge >= 0.3 is 0 Å². The molecular formula is C24H24ClN3O4. The van der Waals surface area contributed by atoms with Gasteiger partial charge in [0.1, 0.15) is 5.70 Å². The van der Waals surface area contributed by atoms with E-state index in [-0.39, 0.29) is 24.0 Å². The van der Waals surface area contributed by atoms with Crippen LogP contribution in [0.1, 0.15) is 26.3 Å². The van der Waals surface area contributed by atoms with Crippen molar-refractivity contribution in [1.82, 2.24) is 4.90 Å². The summed E-state index contributed by atoms with van der Waals surface area (Å²) in [5.41, 5.74) is 2.38. The van der Waals surface area contributed by atoms with Crippen LogP contribution in [0, 0.1) is 0 Å². The molecule has 0 bridgehead atoms. The molecule has 2 aromatic carbocycles. The molecule has 0 aromatic heterocycles.